The Kier molecular flexibility index (Phi) is 5.65. The third-order valence-electron chi connectivity index (χ3n) is 7.89. The van der Waals surface area contributed by atoms with Crippen LogP contribution >= 0.6 is 11.8 Å². The molecule has 29 heavy (non-hydrogen) atoms. The number of carbonyl (C=O) groups is 1. The first-order valence-corrected chi connectivity index (χ1v) is 11.8. The van der Waals surface area contributed by atoms with Gasteiger partial charge in [-0.3, -0.25) is 4.79 Å². The monoisotopic (exact) mass is 408 g/mol. The highest BCUT2D eigenvalue weighted by Crippen LogP contribution is 2.65. The number of aliphatic hydroxyl groups is 1. The van der Waals surface area contributed by atoms with Gasteiger partial charge in [-0.1, -0.05) is 81.4 Å². The Bertz CT molecular complexity index is 848. The highest BCUT2D eigenvalue weighted by molar-refractivity contribution is 7.99. The lowest BCUT2D eigenvalue weighted by Gasteiger charge is -2.38. The first-order chi connectivity index (χ1) is 13.9. The third kappa shape index (κ3) is 3.47. The van der Waals surface area contributed by atoms with Gasteiger partial charge in [0.05, 0.1) is 6.10 Å². The van der Waals surface area contributed by atoms with Crippen LogP contribution in [-0.2, 0) is 4.79 Å². The summed E-state index contributed by atoms with van der Waals surface area (Å²) in [6.45, 7) is 6.74. The highest BCUT2D eigenvalue weighted by atomic mass is 32.2. The zero-order valence-corrected chi connectivity index (χ0v) is 18.5. The van der Waals surface area contributed by atoms with E-state index in [1.165, 1.54) is 12.0 Å². The van der Waals surface area contributed by atoms with Crippen molar-refractivity contribution in [2.75, 3.05) is 5.75 Å². The molecule has 2 aliphatic rings. The van der Waals surface area contributed by atoms with E-state index in [0.717, 1.165) is 24.2 Å². The highest BCUT2D eigenvalue weighted by Gasteiger charge is 2.63. The maximum atomic E-state index is 13.0. The van der Waals surface area contributed by atoms with E-state index in [9.17, 15) is 9.90 Å². The van der Waals surface area contributed by atoms with E-state index in [-0.39, 0.29) is 22.0 Å². The summed E-state index contributed by atoms with van der Waals surface area (Å²) < 4.78 is 0. The van der Waals surface area contributed by atoms with Crippen LogP contribution in [-0.4, -0.2) is 16.6 Å². The Labute approximate surface area is 179 Å². The second kappa shape index (κ2) is 7.92. The third-order valence-corrected chi connectivity index (χ3v) is 9.61. The Balaban J connectivity index is 1.60. The summed E-state index contributed by atoms with van der Waals surface area (Å²) in [6, 6.07) is 20.4. The number of fused-ring (bicyclic) bond motifs is 2. The Morgan fingerprint density at radius 1 is 1.03 bits per heavy atom. The molecule has 2 fully saturated rings. The summed E-state index contributed by atoms with van der Waals surface area (Å²) in [7, 11) is 0. The molecule has 2 aromatic carbocycles. The summed E-state index contributed by atoms with van der Waals surface area (Å²) in [5, 5.41) is 11.3. The van der Waals surface area contributed by atoms with E-state index in [4.69, 9.17) is 0 Å². The van der Waals surface area contributed by atoms with Crippen LogP contribution in [0.1, 0.15) is 62.5 Å². The zero-order chi connectivity index (χ0) is 20.6. The molecule has 0 radical (unpaired) electrons. The average Bonchev–Trinajstić information content (AvgIpc) is 3.09. The number of thioether (sulfide) groups is 1. The van der Waals surface area contributed by atoms with Gasteiger partial charge in [0.2, 0.25) is 0 Å². The molecule has 0 unspecified atom stereocenters. The summed E-state index contributed by atoms with van der Waals surface area (Å²) in [6.07, 6.45) is 2.42. The van der Waals surface area contributed by atoms with Crippen molar-refractivity contribution in [3.63, 3.8) is 0 Å². The number of aliphatic hydroxyl groups excluding tert-OH is 1. The molecule has 2 aromatic rings. The van der Waals surface area contributed by atoms with Crippen molar-refractivity contribution < 1.29 is 9.90 Å². The van der Waals surface area contributed by atoms with Crippen LogP contribution in [0.3, 0.4) is 0 Å². The van der Waals surface area contributed by atoms with Gasteiger partial charge in [-0.2, -0.15) is 11.8 Å². The first-order valence-electron chi connectivity index (χ1n) is 10.8. The number of hydrogen-bond acceptors (Lipinski definition) is 3. The maximum absolute atomic E-state index is 13.0. The molecule has 154 valence electrons. The van der Waals surface area contributed by atoms with E-state index in [1.54, 1.807) is 0 Å². The Hall–Kier alpha value is -1.58. The summed E-state index contributed by atoms with van der Waals surface area (Å²) in [4.78, 5) is 13.0. The summed E-state index contributed by atoms with van der Waals surface area (Å²) >= 11 is 1.88. The summed E-state index contributed by atoms with van der Waals surface area (Å²) in [5.74, 6) is 1.89. The van der Waals surface area contributed by atoms with Crippen LogP contribution < -0.4 is 0 Å². The minimum Gasteiger partial charge on any atom is -0.388 e. The largest absolute Gasteiger partial charge is 0.388 e. The van der Waals surface area contributed by atoms with Gasteiger partial charge in [0.1, 0.15) is 5.78 Å². The number of ketones is 1. The molecule has 3 heteroatoms. The van der Waals surface area contributed by atoms with Crippen molar-refractivity contribution in [3.8, 4) is 0 Å². The molecule has 2 saturated carbocycles. The number of carbonyl (C=O) groups excluding carboxylic acids is 1. The van der Waals surface area contributed by atoms with Gasteiger partial charge in [0.15, 0.2) is 0 Å². The van der Waals surface area contributed by atoms with Crippen molar-refractivity contribution in [3.05, 3.63) is 71.8 Å². The van der Waals surface area contributed by atoms with Crippen molar-refractivity contribution in [2.45, 2.75) is 51.4 Å². The minimum absolute atomic E-state index is 0.0398. The van der Waals surface area contributed by atoms with Crippen LogP contribution in [0, 0.1) is 22.7 Å². The lowest BCUT2D eigenvalue weighted by Crippen LogP contribution is -2.38. The molecule has 0 spiro atoms. The number of benzene rings is 2. The Morgan fingerprint density at radius 3 is 2.14 bits per heavy atom. The molecule has 2 bridgehead atoms. The normalized spacial score (nSPS) is 28.3. The number of rotatable bonds is 7. The van der Waals surface area contributed by atoms with Crippen molar-refractivity contribution in [1.29, 1.82) is 0 Å². The molecule has 0 aromatic heterocycles. The van der Waals surface area contributed by atoms with Crippen LogP contribution in [0.4, 0.5) is 0 Å². The molecule has 4 rings (SSSR count). The van der Waals surface area contributed by atoms with Crippen molar-refractivity contribution in [1.82, 2.24) is 0 Å². The standard InChI is InChI=1S/C26H32O2S/c1-18(23(28)19-10-6-4-7-11-19)24(20-12-8-5-9-13-20)29-17-26-15-14-21(16-22(26)27)25(26,2)3/h4-13,18,21,23-24,28H,14-17H2,1-3H3/t18-,21-,23-,24-,26-/m1/s1. The van der Waals surface area contributed by atoms with Gasteiger partial charge >= 0.3 is 0 Å². The lowest BCUT2D eigenvalue weighted by molar-refractivity contribution is -0.127. The van der Waals surface area contributed by atoms with E-state index >= 15 is 0 Å². The number of hydrogen-bond donors (Lipinski definition) is 1. The van der Waals surface area contributed by atoms with Crippen LogP contribution in [0.25, 0.3) is 0 Å². The van der Waals surface area contributed by atoms with Crippen LogP contribution in [0.15, 0.2) is 60.7 Å². The maximum Gasteiger partial charge on any atom is 0.140 e. The molecular formula is C26H32O2S. The van der Waals surface area contributed by atoms with Gasteiger partial charge in [0.25, 0.3) is 0 Å². The smallest absolute Gasteiger partial charge is 0.140 e. The van der Waals surface area contributed by atoms with Crippen molar-refractivity contribution >= 4 is 17.5 Å². The molecule has 5 atom stereocenters. The fourth-order valence-electron chi connectivity index (χ4n) is 5.65. The molecule has 1 N–H and O–H groups in total. The Morgan fingerprint density at radius 2 is 1.62 bits per heavy atom. The lowest BCUT2D eigenvalue weighted by atomic mass is 9.70. The topological polar surface area (TPSA) is 37.3 Å². The molecule has 0 heterocycles. The number of Topliss-reactive ketones (excluding diaryl/α,β-unsaturated/α-hetero) is 1. The quantitative estimate of drug-likeness (QED) is 0.590. The fraction of sp³-hybridized carbons (Fsp3) is 0.500. The molecular weight excluding hydrogens is 376 g/mol. The van der Waals surface area contributed by atoms with Gasteiger partial charge in [-0.25, -0.2) is 0 Å². The van der Waals surface area contributed by atoms with E-state index < -0.39 is 6.10 Å². The van der Waals surface area contributed by atoms with Gasteiger partial charge < -0.3 is 5.11 Å². The predicted octanol–water partition coefficient (Wildman–Crippen LogP) is 6.23. The van der Waals surface area contributed by atoms with E-state index in [1.807, 2.05) is 48.2 Å². The molecule has 0 amide bonds. The second-order valence-electron chi connectivity index (χ2n) is 9.52. The van der Waals surface area contributed by atoms with Gasteiger partial charge in [-0.15, -0.1) is 0 Å². The predicted molar refractivity (Wildman–Crippen MR) is 121 cm³/mol. The minimum atomic E-state index is -0.532. The molecule has 0 saturated heterocycles. The van der Waals surface area contributed by atoms with Crippen molar-refractivity contribution in [2.24, 2.45) is 22.7 Å². The summed E-state index contributed by atoms with van der Waals surface area (Å²) in [5.41, 5.74) is 2.07. The zero-order valence-electron chi connectivity index (χ0n) is 17.7. The van der Waals surface area contributed by atoms with E-state index in [0.29, 0.717) is 11.7 Å². The average molecular weight is 409 g/mol. The second-order valence-corrected chi connectivity index (χ2v) is 10.7. The van der Waals surface area contributed by atoms with Crippen LogP contribution in [0.2, 0.25) is 0 Å². The first kappa shape index (κ1) is 20.7. The molecule has 2 aliphatic carbocycles. The fourth-order valence-corrected chi connectivity index (χ4v) is 7.60. The van der Waals surface area contributed by atoms with Gasteiger partial charge in [0, 0.05) is 28.8 Å². The SMILES string of the molecule is C[C@H]([C@@H](O)c1ccccc1)[C@@H](SC[C@]12CC[C@H](CC1=O)C2(C)C)c1ccccc1. The molecule has 2 nitrogen and oxygen atoms in total. The molecule has 0 aliphatic heterocycles. The van der Waals surface area contributed by atoms with E-state index in [2.05, 4.69) is 45.0 Å². The van der Waals surface area contributed by atoms with Gasteiger partial charge in [-0.05, 0) is 35.3 Å². The van der Waals surface area contributed by atoms with Crippen LogP contribution in [0.5, 0.6) is 0 Å².